The van der Waals surface area contributed by atoms with Gasteiger partial charge in [-0.15, -0.1) is 0 Å². The fourth-order valence-corrected chi connectivity index (χ4v) is 2.22. The monoisotopic (exact) mass is 376 g/mol. The summed E-state index contributed by atoms with van der Waals surface area (Å²) in [5.41, 5.74) is 0.362. The van der Waals surface area contributed by atoms with E-state index in [2.05, 4.69) is 10.6 Å². The van der Waals surface area contributed by atoms with Crippen LogP contribution in [0.2, 0.25) is 0 Å². The van der Waals surface area contributed by atoms with Gasteiger partial charge < -0.3 is 20.5 Å². The largest absolute Gasteiger partial charge is 0.480 e. The zero-order valence-electron chi connectivity index (χ0n) is 15.3. The molecule has 1 aromatic rings. The van der Waals surface area contributed by atoms with Crippen LogP contribution >= 0.6 is 0 Å². The highest BCUT2D eigenvalue weighted by atomic mass is 16.5. The molecule has 2 amide bonds. The molecule has 1 rings (SSSR count). The van der Waals surface area contributed by atoms with Gasteiger partial charge in [-0.25, -0.2) is 9.59 Å². The van der Waals surface area contributed by atoms with Crippen molar-refractivity contribution in [2.24, 2.45) is 0 Å². The molecule has 1 aromatic carbocycles. The molecule has 27 heavy (non-hydrogen) atoms. The normalized spacial score (nSPS) is 12.8. The van der Waals surface area contributed by atoms with Crippen LogP contribution in [-0.4, -0.2) is 47.6 Å². The number of rotatable bonds is 10. The van der Waals surface area contributed by atoms with Gasteiger partial charge in [-0.05, 0) is 31.9 Å². The molecule has 2 atom stereocenters. The maximum absolute atomic E-state index is 12.1. The van der Waals surface area contributed by atoms with Gasteiger partial charge in [0.05, 0.1) is 6.61 Å². The first kappa shape index (κ1) is 21.9. The van der Waals surface area contributed by atoms with Crippen LogP contribution in [0.15, 0.2) is 42.5 Å². The summed E-state index contributed by atoms with van der Waals surface area (Å²) in [6, 6.07) is 6.33. The number of hydrogen-bond donors (Lipinski definition) is 3. The van der Waals surface area contributed by atoms with Gasteiger partial charge >= 0.3 is 11.9 Å². The molecule has 0 saturated carbocycles. The molecule has 0 aliphatic carbocycles. The predicted molar refractivity (Wildman–Crippen MR) is 97.9 cm³/mol. The summed E-state index contributed by atoms with van der Waals surface area (Å²) >= 11 is 0. The molecule has 0 radical (unpaired) electrons. The molecule has 146 valence electrons. The van der Waals surface area contributed by atoms with Gasteiger partial charge in [0.2, 0.25) is 5.91 Å². The standard InChI is InChI=1S/C19H24N2O6/c1-3-27-19(26)16(20-13(2)22)12-8-7-11-15(18(24)25)21-17(23)14-9-5-4-6-10-14/h4-10,15-16H,3,11-12H2,1-2H3,(H,20,22)(H,21,23)(H,24,25). The number of benzene rings is 1. The zero-order chi connectivity index (χ0) is 20.2. The first-order valence-electron chi connectivity index (χ1n) is 8.52. The summed E-state index contributed by atoms with van der Waals surface area (Å²) in [6.45, 7) is 3.13. The fraction of sp³-hybridized carbons (Fsp3) is 0.368. The SMILES string of the molecule is CCOC(=O)C(CC=CCC(NC(=O)c1ccccc1)C(=O)O)NC(C)=O. The van der Waals surface area contributed by atoms with Crippen molar-refractivity contribution < 1.29 is 29.0 Å². The molecule has 2 unspecified atom stereocenters. The van der Waals surface area contributed by atoms with Crippen LogP contribution in [-0.2, 0) is 19.1 Å². The molecule has 8 heteroatoms. The summed E-state index contributed by atoms with van der Waals surface area (Å²) in [6.07, 6.45) is 3.29. The molecular weight excluding hydrogens is 352 g/mol. The molecule has 0 spiro atoms. The zero-order valence-corrected chi connectivity index (χ0v) is 15.3. The van der Waals surface area contributed by atoms with E-state index in [0.29, 0.717) is 5.56 Å². The second-order valence-corrected chi connectivity index (χ2v) is 5.68. The second-order valence-electron chi connectivity index (χ2n) is 5.68. The molecule has 3 N–H and O–H groups in total. The third kappa shape index (κ3) is 8.17. The van der Waals surface area contributed by atoms with E-state index in [1.54, 1.807) is 43.3 Å². The summed E-state index contributed by atoms with van der Waals surface area (Å²) in [7, 11) is 0. The Balaban J connectivity index is 2.64. The van der Waals surface area contributed by atoms with Crippen molar-refractivity contribution >= 4 is 23.8 Å². The number of hydrogen-bond acceptors (Lipinski definition) is 5. The lowest BCUT2D eigenvalue weighted by Crippen LogP contribution is -2.41. The number of esters is 1. The Kier molecular flexibility index (Phi) is 9.28. The molecule has 0 aromatic heterocycles. The topological polar surface area (TPSA) is 122 Å². The summed E-state index contributed by atoms with van der Waals surface area (Å²) < 4.78 is 4.88. The van der Waals surface area contributed by atoms with Gasteiger partial charge in [-0.3, -0.25) is 9.59 Å². The molecule has 0 saturated heterocycles. The van der Waals surface area contributed by atoms with Crippen LogP contribution in [0.5, 0.6) is 0 Å². The van der Waals surface area contributed by atoms with Crippen molar-refractivity contribution in [3.05, 3.63) is 48.0 Å². The Morgan fingerprint density at radius 2 is 1.63 bits per heavy atom. The minimum atomic E-state index is -1.17. The predicted octanol–water partition coefficient (Wildman–Crippen LogP) is 1.27. The Morgan fingerprint density at radius 3 is 2.15 bits per heavy atom. The van der Waals surface area contributed by atoms with Gasteiger partial charge in [-0.2, -0.15) is 0 Å². The van der Waals surface area contributed by atoms with Gasteiger partial charge in [0.1, 0.15) is 12.1 Å². The summed E-state index contributed by atoms with van der Waals surface area (Å²) in [5, 5.41) is 14.2. The van der Waals surface area contributed by atoms with E-state index in [1.165, 1.54) is 13.0 Å². The highest BCUT2D eigenvalue weighted by molar-refractivity contribution is 5.96. The average Bonchev–Trinajstić information content (AvgIpc) is 2.63. The molecule has 0 aliphatic heterocycles. The van der Waals surface area contributed by atoms with Crippen molar-refractivity contribution in [1.29, 1.82) is 0 Å². The number of carbonyl (C=O) groups is 4. The van der Waals surface area contributed by atoms with E-state index < -0.39 is 29.9 Å². The number of carboxylic acid groups (broad SMARTS) is 1. The second kappa shape index (κ2) is 11.5. The first-order valence-corrected chi connectivity index (χ1v) is 8.52. The Morgan fingerprint density at radius 1 is 1.04 bits per heavy atom. The minimum Gasteiger partial charge on any atom is -0.480 e. The minimum absolute atomic E-state index is 0.0313. The van der Waals surface area contributed by atoms with Gasteiger partial charge in [-0.1, -0.05) is 30.4 Å². The lowest BCUT2D eigenvalue weighted by atomic mass is 10.1. The van der Waals surface area contributed by atoms with Crippen molar-refractivity contribution in [1.82, 2.24) is 10.6 Å². The lowest BCUT2D eigenvalue weighted by Gasteiger charge is -2.15. The van der Waals surface area contributed by atoms with E-state index in [0.717, 1.165) is 0 Å². The third-order valence-corrected chi connectivity index (χ3v) is 3.50. The number of ether oxygens (including phenoxy) is 1. The first-order chi connectivity index (χ1) is 12.8. The highest BCUT2D eigenvalue weighted by Gasteiger charge is 2.21. The molecule has 8 nitrogen and oxygen atoms in total. The van der Waals surface area contributed by atoms with E-state index in [-0.39, 0.29) is 25.4 Å². The third-order valence-electron chi connectivity index (χ3n) is 3.50. The number of carboxylic acids is 1. The van der Waals surface area contributed by atoms with E-state index >= 15 is 0 Å². The van der Waals surface area contributed by atoms with E-state index in [1.807, 2.05) is 0 Å². The van der Waals surface area contributed by atoms with Crippen molar-refractivity contribution in [2.75, 3.05) is 6.61 Å². The number of aliphatic carboxylic acids is 1. The lowest BCUT2D eigenvalue weighted by molar-refractivity contribution is -0.147. The van der Waals surface area contributed by atoms with Crippen LogP contribution in [0.1, 0.15) is 37.0 Å². The number of amides is 2. The van der Waals surface area contributed by atoms with Crippen LogP contribution in [0.25, 0.3) is 0 Å². The number of nitrogens with one attached hydrogen (secondary N) is 2. The summed E-state index contributed by atoms with van der Waals surface area (Å²) in [5.74, 6) is -2.60. The fourth-order valence-electron chi connectivity index (χ4n) is 2.22. The Labute approximate surface area is 157 Å². The molecule has 0 bridgehead atoms. The quantitative estimate of drug-likeness (QED) is 0.418. The molecule has 0 heterocycles. The maximum atomic E-state index is 12.1. The van der Waals surface area contributed by atoms with E-state index in [4.69, 9.17) is 4.74 Å². The van der Waals surface area contributed by atoms with Crippen molar-refractivity contribution in [3.8, 4) is 0 Å². The number of carbonyl (C=O) groups excluding carboxylic acids is 3. The smallest absolute Gasteiger partial charge is 0.328 e. The van der Waals surface area contributed by atoms with Crippen LogP contribution < -0.4 is 10.6 Å². The maximum Gasteiger partial charge on any atom is 0.328 e. The average molecular weight is 376 g/mol. The van der Waals surface area contributed by atoms with Crippen LogP contribution in [0, 0.1) is 0 Å². The Bertz CT molecular complexity index is 687. The molecule has 0 aliphatic rings. The van der Waals surface area contributed by atoms with Crippen molar-refractivity contribution in [2.45, 2.75) is 38.8 Å². The molecular formula is C19H24N2O6. The highest BCUT2D eigenvalue weighted by Crippen LogP contribution is 2.04. The van der Waals surface area contributed by atoms with E-state index in [9.17, 15) is 24.3 Å². The van der Waals surface area contributed by atoms with Crippen LogP contribution in [0.4, 0.5) is 0 Å². The van der Waals surface area contributed by atoms with Gasteiger partial charge in [0.25, 0.3) is 5.91 Å². The molecule has 0 fully saturated rings. The van der Waals surface area contributed by atoms with Crippen LogP contribution in [0.3, 0.4) is 0 Å². The van der Waals surface area contributed by atoms with Gasteiger partial charge in [0, 0.05) is 12.5 Å². The Hall–Kier alpha value is -3.16. The van der Waals surface area contributed by atoms with Gasteiger partial charge in [0.15, 0.2) is 0 Å². The van der Waals surface area contributed by atoms with Crippen molar-refractivity contribution in [3.63, 3.8) is 0 Å². The summed E-state index contributed by atoms with van der Waals surface area (Å²) in [4.78, 5) is 46.4.